The van der Waals surface area contributed by atoms with Crippen molar-refractivity contribution in [3.8, 4) is 5.75 Å². The number of ketones is 1. The van der Waals surface area contributed by atoms with Gasteiger partial charge in [-0.05, 0) is 55.7 Å². The van der Waals surface area contributed by atoms with Gasteiger partial charge in [0, 0.05) is 11.3 Å². The Morgan fingerprint density at radius 2 is 1.40 bits per heavy atom. The molecule has 0 aliphatic heterocycles. The summed E-state index contributed by atoms with van der Waals surface area (Å²) in [6, 6.07) is 15.1. The molecule has 0 aliphatic carbocycles. The summed E-state index contributed by atoms with van der Waals surface area (Å²) in [4.78, 5) is 25.7. The van der Waals surface area contributed by atoms with Gasteiger partial charge in [-0.1, -0.05) is 82.9 Å². The van der Waals surface area contributed by atoms with E-state index >= 15 is 0 Å². The molecular weight excluding hydrogens is 595 g/mol. The fourth-order valence-corrected chi connectivity index (χ4v) is 7.04. The number of rotatable bonds is 21. The number of unbranched alkanes of at least 4 members (excludes halogenated alkanes) is 8. The SMILES string of the molecule is CCCCCCCCCCCC(CCC(Cl)C(Cl)C(=O)c1ccc(OC)cc1)S(=O)(=O)C(N)C(=O)Nc1ccccc1. The lowest BCUT2D eigenvalue weighted by Gasteiger charge is -2.23. The highest BCUT2D eigenvalue weighted by Crippen LogP contribution is 2.27. The fraction of sp³-hybridized carbons (Fsp3) is 0.562. The molecule has 0 saturated heterocycles. The topological polar surface area (TPSA) is 116 Å². The number of hydrogen-bond acceptors (Lipinski definition) is 6. The summed E-state index contributed by atoms with van der Waals surface area (Å²) in [5.41, 5.74) is 6.90. The quantitative estimate of drug-likeness (QED) is 0.0829. The third kappa shape index (κ3) is 11.9. The first-order valence-electron chi connectivity index (χ1n) is 14.9. The lowest BCUT2D eigenvalue weighted by Crippen LogP contribution is -2.47. The number of halogens is 2. The first kappa shape index (κ1) is 36.1. The molecule has 0 bridgehead atoms. The van der Waals surface area contributed by atoms with Crippen LogP contribution in [-0.4, -0.2) is 48.6 Å². The van der Waals surface area contributed by atoms with Crippen LogP contribution in [-0.2, 0) is 14.6 Å². The molecule has 0 aromatic heterocycles. The summed E-state index contributed by atoms with van der Waals surface area (Å²) < 4.78 is 32.3. The van der Waals surface area contributed by atoms with E-state index in [0.29, 0.717) is 29.8 Å². The maximum atomic E-state index is 13.6. The van der Waals surface area contributed by atoms with E-state index in [0.717, 1.165) is 19.3 Å². The third-order valence-electron chi connectivity index (χ3n) is 7.45. The molecule has 4 unspecified atom stereocenters. The molecule has 0 radical (unpaired) electrons. The Kier molecular flexibility index (Phi) is 16.5. The Morgan fingerprint density at radius 1 is 0.833 bits per heavy atom. The molecule has 7 nitrogen and oxygen atoms in total. The maximum Gasteiger partial charge on any atom is 0.256 e. The standard InChI is InChI=1S/C32H46Cl2N2O5S/c1-3-4-5-6-7-8-9-10-14-17-27(42(39,40)31(35)32(38)36-25-15-12-11-13-16-25)22-23-28(33)29(34)30(37)24-18-20-26(41-2)21-19-24/h11-13,15-16,18-21,27-29,31H,3-10,14,17,22-23,35H2,1-2H3,(H,36,38). The first-order valence-corrected chi connectivity index (χ1v) is 17.4. The first-order chi connectivity index (χ1) is 20.1. The van der Waals surface area contributed by atoms with Crippen molar-refractivity contribution in [1.29, 1.82) is 0 Å². The van der Waals surface area contributed by atoms with Gasteiger partial charge in [-0.15, -0.1) is 23.2 Å². The number of anilines is 1. The van der Waals surface area contributed by atoms with Crippen molar-refractivity contribution in [2.75, 3.05) is 12.4 Å². The molecule has 42 heavy (non-hydrogen) atoms. The molecule has 2 rings (SSSR count). The van der Waals surface area contributed by atoms with Crippen LogP contribution in [0.3, 0.4) is 0 Å². The van der Waals surface area contributed by atoms with E-state index in [2.05, 4.69) is 12.2 Å². The van der Waals surface area contributed by atoms with Gasteiger partial charge >= 0.3 is 0 Å². The number of para-hydroxylation sites is 1. The second kappa shape index (κ2) is 19.2. The number of carbonyl (C=O) groups excluding carboxylic acids is 2. The summed E-state index contributed by atoms with van der Waals surface area (Å²) in [7, 11) is -2.53. The van der Waals surface area contributed by atoms with E-state index in [9.17, 15) is 18.0 Å². The Balaban J connectivity index is 2.03. The number of alkyl halides is 2. The number of methoxy groups -OCH3 is 1. The Hall–Kier alpha value is -2.13. The minimum Gasteiger partial charge on any atom is -0.497 e. The molecule has 2 aromatic rings. The van der Waals surface area contributed by atoms with Crippen molar-refractivity contribution in [3.63, 3.8) is 0 Å². The van der Waals surface area contributed by atoms with E-state index in [1.54, 1.807) is 54.6 Å². The van der Waals surface area contributed by atoms with Crippen molar-refractivity contribution >= 4 is 50.4 Å². The van der Waals surface area contributed by atoms with Gasteiger partial charge in [-0.3, -0.25) is 9.59 Å². The van der Waals surface area contributed by atoms with Crippen molar-refractivity contribution in [3.05, 3.63) is 60.2 Å². The fourth-order valence-electron chi connectivity index (χ4n) is 4.82. The van der Waals surface area contributed by atoms with E-state index in [4.69, 9.17) is 33.7 Å². The molecule has 10 heteroatoms. The number of amides is 1. The molecule has 3 N–H and O–H groups in total. The number of Topliss-reactive ketones (excluding diaryl/α,β-unsaturated/α-hetero) is 1. The summed E-state index contributed by atoms with van der Waals surface area (Å²) in [5.74, 6) is -0.528. The number of nitrogens with two attached hydrogens (primary N) is 1. The van der Waals surface area contributed by atoms with Gasteiger partial charge in [0.2, 0.25) is 0 Å². The zero-order valence-electron chi connectivity index (χ0n) is 24.8. The van der Waals surface area contributed by atoms with Gasteiger partial charge in [-0.25, -0.2) is 8.42 Å². The molecule has 234 valence electrons. The predicted octanol–water partition coefficient (Wildman–Crippen LogP) is 7.50. The highest BCUT2D eigenvalue weighted by atomic mass is 35.5. The van der Waals surface area contributed by atoms with Gasteiger partial charge in [-0.2, -0.15) is 0 Å². The number of carbonyl (C=O) groups is 2. The smallest absolute Gasteiger partial charge is 0.256 e. The number of nitrogens with one attached hydrogen (secondary N) is 1. The molecule has 0 aliphatic rings. The van der Waals surface area contributed by atoms with Crippen LogP contribution < -0.4 is 15.8 Å². The summed E-state index contributed by atoms with van der Waals surface area (Å²) >= 11 is 13.0. The monoisotopic (exact) mass is 640 g/mol. The Labute approximate surface area is 261 Å². The zero-order valence-corrected chi connectivity index (χ0v) is 27.1. The van der Waals surface area contributed by atoms with Crippen LogP contribution >= 0.6 is 23.2 Å². The summed E-state index contributed by atoms with van der Waals surface area (Å²) in [6.45, 7) is 2.19. The number of ether oxygens (including phenoxy) is 1. The van der Waals surface area contributed by atoms with Gasteiger partial charge in [0.25, 0.3) is 5.91 Å². The molecule has 0 heterocycles. The van der Waals surface area contributed by atoms with Crippen molar-refractivity contribution in [1.82, 2.24) is 0 Å². The lowest BCUT2D eigenvalue weighted by atomic mass is 10.0. The second-order valence-corrected chi connectivity index (χ2v) is 14.1. The van der Waals surface area contributed by atoms with E-state index in [1.807, 2.05) is 0 Å². The number of hydrogen-bond donors (Lipinski definition) is 2. The third-order valence-corrected chi connectivity index (χ3v) is 10.9. The average Bonchev–Trinajstić information content (AvgIpc) is 3.00. The van der Waals surface area contributed by atoms with Crippen LogP contribution in [0, 0.1) is 0 Å². The Morgan fingerprint density at radius 3 is 1.98 bits per heavy atom. The molecular formula is C32H46Cl2N2O5S. The average molecular weight is 642 g/mol. The Bertz CT molecular complexity index is 1180. The van der Waals surface area contributed by atoms with Gasteiger partial charge < -0.3 is 15.8 Å². The number of benzene rings is 2. The predicted molar refractivity (Wildman–Crippen MR) is 173 cm³/mol. The van der Waals surface area contributed by atoms with E-state index in [1.165, 1.54) is 39.2 Å². The largest absolute Gasteiger partial charge is 0.497 e. The second-order valence-electron chi connectivity index (χ2n) is 10.7. The molecule has 0 spiro atoms. The highest BCUT2D eigenvalue weighted by molar-refractivity contribution is 7.93. The molecule has 1 amide bonds. The minimum absolute atomic E-state index is 0.138. The van der Waals surface area contributed by atoms with Crippen LogP contribution in [0.15, 0.2) is 54.6 Å². The maximum absolute atomic E-state index is 13.6. The van der Waals surface area contributed by atoms with Gasteiger partial charge in [0.1, 0.15) is 11.1 Å². The van der Waals surface area contributed by atoms with Crippen LogP contribution in [0.1, 0.15) is 94.3 Å². The van der Waals surface area contributed by atoms with Crippen LogP contribution in [0.25, 0.3) is 0 Å². The molecule has 4 atom stereocenters. The van der Waals surface area contributed by atoms with Crippen LogP contribution in [0.4, 0.5) is 5.69 Å². The summed E-state index contributed by atoms with van der Waals surface area (Å²) in [6.07, 6.45) is 10.5. The normalized spacial score (nSPS) is 14.5. The van der Waals surface area contributed by atoms with Crippen molar-refractivity contribution in [2.45, 2.75) is 105 Å². The lowest BCUT2D eigenvalue weighted by molar-refractivity contribution is -0.115. The summed E-state index contributed by atoms with van der Waals surface area (Å²) in [5, 5.41) is -1.89. The van der Waals surface area contributed by atoms with E-state index in [-0.39, 0.29) is 18.6 Å². The minimum atomic E-state index is -4.06. The van der Waals surface area contributed by atoms with Crippen LogP contribution in [0.2, 0.25) is 0 Å². The van der Waals surface area contributed by atoms with Gasteiger partial charge in [0.05, 0.1) is 17.7 Å². The van der Waals surface area contributed by atoms with Crippen molar-refractivity contribution in [2.24, 2.45) is 5.73 Å². The highest BCUT2D eigenvalue weighted by Gasteiger charge is 2.37. The van der Waals surface area contributed by atoms with E-state index < -0.39 is 37.1 Å². The molecule has 2 aromatic carbocycles. The van der Waals surface area contributed by atoms with Gasteiger partial charge in [0.15, 0.2) is 21.0 Å². The molecule has 0 fully saturated rings. The number of sulfone groups is 1. The van der Waals surface area contributed by atoms with Crippen molar-refractivity contribution < 1.29 is 22.7 Å². The van der Waals surface area contributed by atoms with Crippen LogP contribution in [0.5, 0.6) is 5.75 Å². The molecule has 0 saturated carbocycles. The zero-order chi connectivity index (χ0) is 31.0.